The summed E-state index contributed by atoms with van der Waals surface area (Å²) in [6.45, 7) is 2.79. The van der Waals surface area contributed by atoms with E-state index in [0.29, 0.717) is 0 Å². The fourth-order valence-corrected chi connectivity index (χ4v) is 2.12. The Hall–Kier alpha value is -0.870. The zero-order chi connectivity index (χ0) is 12.3. The van der Waals surface area contributed by atoms with Gasteiger partial charge in [-0.2, -0.15) is 0 Å². The van der Waals surface area contributed by atoms with Crippen LogP contribution in [0.25, 0.3) is 0 Å². The zero-order valence-corrected chi connectivity index (χ0v) is 12.5. The Bertz CT molecular complexity index is 509. The molecule has 0 spiro atoms. The smallest absolute Gasteiger partial charge is 0.0595 e. The van der Waals surface area contributed by atoms with Crippen LogP contribution in [0.15, 0.2) is 45.5 Å². The predicted molar refractivity (Wildman–Crippen MR) is 78.1 cm³/mol. The minimum absolute atomic E-state index is 0.718. The van der Waals surface area contributed by atoms with Crippen molar-refractivity contribution in [1.82, 2.24) is 4.98 Å². The van der Waals surface area contributed by atoms with Crippen LogP contribution in [0.3, 0.4) is 0 Å². The fraction of sp³-hybridized carbons (Fsp3) is 0.154. The van der Waals surface area contributed by atoms with Crippen molar-refractivity contribution in [2.75, 3.05) is 5.32 Å². The quantitative estimate of drug-likeness (QED) is 0.875. The first-order valence-corrected chi connectivity index (χ1v) is 6.85. The maximum absolute atomic E-state index is 4.32. The monoisotopic (exact) mass is 354 g/mol. The normalized spacial score (nSPS) is 10.3. The molecule has 0 radical (unpaired) electrons. The van der Waals surface area contributed by atoms with E-state index in [4.69, 9.17) is 0 Å². The molecule has 2 aromatic rings. The molecule has 0 amide bonds. The van der Waals surface area contributed by atoms with Gasteiger partial charge in [-0.1, -0.05) is 12.1 Å². The average Bonchev–Trinajstić information content (AvgIpc) is 2.33. The summed E-state index contributed by atoms with van der Waals surface area (Å²) in [7, 11) is 0. The first-order chi connectivity index (χ1) is 8.16. The molecular formula is C13H12Br2N2. The van der Waals surface area contributed by atoms with E-state index in [1.54, 1.807) is 0 Å². The van der Waals surface area contributed by atoms with Crippen molar-refractivity contribution in [3.05, 3.63) is 56.7 Å². The number of hydrogen-bond acceptors (Lipinski definition) is 2. The lowest BCUT2D eigenvalue weighted by Gasteiger charge is -2.09. The summed E-state index contributed by atoms with van der Waals surface area (Å²) >= 11 is 6.95. The number of halogens is 2. The number of hydrogen-bond donors (Lipinski definition) is 1. The average molecular weight is 356 g/mol. The van der Waals surface area contributed by atoms with Crippen molar-refractivity contribution in [3.63, 3.8) is 0 Å². The molecule has 0 atom stereocenters. The molecule has 4 heteroatoms. The van der Waals surface area contributed by atoms with E-state index >= 15 is 0 Å². The molecule has 1 aromatic heterocycles. The second kappa shape index (κ2) is 5.65. The Kier molecular flexibility index (Phi) is 4.18. The Morgan fingerprint density at radius 2 is 2.00 bits per heavy atom. The second-order valence-electron chi connectivity index (χ2n) is 3.76. The highest BCUT2D eigenvalue weighted by Crippen LogP contribution is 2.26. The number of rotatable bonds is 3. The molecule has 2 rings (SSSR count). The molecular weight excluding hydrogens is 344 g/mol. The van der Waals surface area contributed by atoms with Gasteiger partial charge in [-0.25, -0.2) is 0 Å². The molecule has 0 aliphatic heterocycles. The number of aromatic nitrogens is 1. The third-order valence-corrected chi connectivity index (χ3v) is 3.96. The van der Waals surface area contributed by atoms with E-state index in [2.05, 4.69) is 61.2 Å². The first kappa shape index (κ1) is 12.6. The topological polar surface area (TPSA) is 24.9 Å². The molecule has 0 bridgehead atoms. The summed E-state index contributed by atoms with van der Waals surface area (Å²) in [6.07, 6.45) is 1.81. The van der Waals surface area contributed by atoms with Crippen LogP contribution in [-0.4, -0.2) is 4.98 Å². The Morgan fingerprint density at radius 3 is 2.71 bits per heavy atom. The van der Waals surface area contributed by atoms with E-state index in [9.17, 15) is 0 Å². The standard InChI is InChI=1S/C13H12Br2N2/c1-9-3-2-4-12(13(9)15)17-8-11-6-5-10(14)7-16-11/h2-7,17H,8H2,1H3. The van der Waals surface area contributed by atoms with Gasteiger partial charge in [0.1, 0.15) is 0 Å². The van der Waals surface area contributed by atoms with Gasteiger partial charge in [0.15, 0.2) is 0 Å². The molecule has 0 saturated heterocycles. The molecule has 0 aliphatic rings. The Balaban J connectivity index is 2.07. The fourth-order valence-electron chi connectivity index (χ4n) is 1.48. The lowest BCUT2D eigenvalue weighted by Crippen LogP contribution is -2.02. The highest BCUT2D eigenvalue weighted by molar-refractivity contribution is 9.11. The van der Waals surface area contributed by atoms with E-state index in [1.165, 1.54) is 5.56 Å². The molecule has 0 aliphatic carbocycles. The molecule has 1 N–H and O–H groups in total. The largest absolute Gasteiger partial charge is 0.378 e. The number of aryl methyl sites for hydroxylation is 1. The zero-order valence-electron chi connectivity index (χ0n) is 9.37. The lowest BCUT2D eigenvalue weighted by molar-refractivity contribution is 1.04. The number of benzene rings is 1. The molecule has 1 heterocycles. The molecule has 1 aromatic carbocycles. The van der Waals surface area contributed by atoms with Gasteiger partial charge < -0.3 is 5.32 Å². The van der Waals surface area contributed by atoms with Crippen molar-refractivity contribution < 1.29 is 0 Å². The molecule has 0 saturated carbocycles. The minimum Gasteiger partial charge on any atom is -0.378 e. The Labute approximate surface area is 118 Å². The van der Waals surface area contributed by atoms with E-state index in [0.717, 1.165) is 26.9 Å². The highest BCUT2D eigenvalue weighted by Gasteiger charge is 2.02. The highest BCUT2D eigenvalue weighted by atomic mass is 79.9. The first-order valence-electron chi connectivity index (χ1n) is 5.26. The third-order valence-electron chi connectivity index (χ3n) is 2.44. The number of nitrogens with zero attached hydrogens (tertiary/aromatic N) is 1. The van der Waals surface area contributed by atoms with E-state index < -0.39 is 0 Å². The number of nitrogens with one attached hydrogen (secondary N) is 1. The van der Waals surface area contributed by atoms with Gasteiger partial charge in [0.25, 0.3) is 0 Å². The molecule has 17 heavy (non-hydrogen) atoms. The van der Waals surface area contributed by atoms with Crippen molar-refractivity contribution in [2.24, 2.45) is 0 Å². The van der Waals surface area contributed by atoms with Crippen molar-refractivity contribution in [2.45, 2.75) is 13.5 Å². The van der Waals surface area contributed by atoms with Gasteiger partial charge in [-0.05, 0) is 62.5 Å². The van der Waals surface area contributed by atoms with E-state index in [-0.39, 0.29) is 0 Å². The van der Waals surface area contributed by atoms with Crippen LogP contribution in [0.4, 0.5) is 5.69 Å². The van der Waals surface area contributed by atoms with Crippen LogP contribution in [0.1, 0.15) is 11.3 Å². The van der Waals surface area contributed by atoms with Crippen LogP contribution in [0.2, 0.25) is 0 Å². The number of pyridine rings is 1. The Morgan fingerprint density at radius 1 is 1.18 bits per heavy atom. The van der Waals surface area contributed by atoms with Gasteiger partial charge in [0, 0.05) is 20.8 Å². The van der Waals surface area contributed by atoms with Gasteiger partial charge in [0.05, 0.1) is 12.2 Å². The second-order valence-corrected chi connectivity index (χ2v) is 5.47. The van der Waals surface area contributed by atoms with Gasteiger partial charge in [-0.3, -0.25) is 4.98 Å². The third kappa shape index (κ3) is 3.30. The van der Waals surface area contributed by atoms with Gasteiger partial charge >= 0.3 is 0 Å². The van der Waals surface area contributed by atoms with Crippen molar-refractivity contribution >= 4 is 37.5 Å². The van der Waals surface area contributed by atoms with Gasteiger partial charge in [0.2, 0.25) is 0 Å². The predicted octanol–water partition coefficient (Wildman–Crippen LogP) is 4.53. The van der Waals surface area contributed by atoms with Crippen LogP contribution in [0, 0.1) is 6.92 Å². The summed E-state index contributed by atoms with van der Waals surface area (Å²) in [4.78, 5) is 4.32. The molecule has 2 nitrogen and oxygen atoms in total. The number of anilines is 1. The minimum atomic E-state index is 0.718. The SMILES string of the molecule is Cc1cccc(NCc2ccc(Br)cn2)c1Br. The van der Waals surface area contributed by atoms with Crippen LogP contribution < -0.4 is 5.32 Å². The molecule has 0 fully saturated rings. The molecule has 0 unspecified atom stereocenters. The maximum atomic E-state index is 4.32. The molecule has 88 valence electrons. The lowest BCUT2D eigenvalue weighted by atomic mass is 10.2. The summed E-state index contributed by atoms with van der Waals surface area (Å²) in [5.74, 6) is 0. The summed E-state index contributed by atoms with van der Waals surface area (Å²) in [5, 5.41) is 3.36. The van der Waals surface area contributed by atoms with Crippen LogP contribution >= 0.6 is 31.9 Å². The van der Waals surface area contributed by atoms with Gasteiger partial charge in [-0.15, -0.1) is 0 Å². The summed E-state index contributed by atoms with van der Waals surface area (Å²) < 4.78 is 2.11. The van der Waals surface area contributed by atoms with Crippen LogP contribution in [0.5, 0.6) is 0 Å². The van der Waals surface area contributed by atoms with E-state index in [1.807, 2.05) is 24.4 Å². The van der Waals surface area contributed by atoms with Crippen molar-refractivity contribution in [1.29, 1.82) is 0 Å². The summed E-state index contributed by atoms with van der Waals surface area (Å²) in [5.41, 5.74) is 3.33. The summed E-state index contributed by atoms with van der Waals surface area (Å²) in [6, 6.07) is 10.2. The van der Waals surface area contributed by atoms with Crippen molar-refractivity contribution in [3.8, 4) is 0 Å². The maximum Gasteiger partial charge on any atom is 0.0595 e. The van der Waals surface area contributed by atoms with Crippen LogP contribution in [-0.2, 0) is 6.54 Å².